The monoisotopic (exact) mass is 433 g/mol. The molecule has 4 rings (SSSR count). The molecular weight excluding hydrogens is 415 g/mol. The van der Waals surface area contributed by atoms with Crippen LogP contribution in [0.5, 0.6) is 5.88 Å². The highest BCUT2D eigenvalue weighted by molar-refractivity contribution is 6.21. The average Bonchev–Trinajstić information content (AvgIpc) is 2.95. The van der Waals surface area contributed by atoms with Gasteiger partial charge in [0.25, 0.3) is 11.8 Å². The first-order chi connectivity index (χ1) is 14.7. The molecule has 162 valence electrons. The highest BCUT2D eigenvalue weighted by Crippen LogP contribution is 2.29. The van der Waals surface area contributed by atoms with Gasteiger partial charge in [-0.3, -0.25) is 19.3 Å². The normalized spacial score (nSPS) is 16.4. The van der Waals surface area contributed by atoms with Crippen LogP contribution < -0.4 is 4.74 Å². The summed E-state index contributed by atoms with van der Waals surface area (Å²) in [5, 5.41) is 0. The van der Waals surface area contributed by atoms with Crippen molar-refractivity contribution < 1.29 is 32.3 Å². The first-order valence-electron chi connectivity index (χ1n) is 9.68. The van der Waals surface area contributed by atoms with Crippen LogP contribution in [0.25, 0.3) is 0 Å². The molecule has 7 nitrogen and oxygen atoms in total. The molecule has 0 atom stereocenters. The van der Waals surface area contributed by atoms with Crippen LogP contribution in [0.1, 0.15) is 39.3 Å². The molecular formula is C21H18F3N3O4. The predicted molar refractivity (Wildman–Crippen MR) is 101 cm³/mol. The Kier molecular flexibility index (Phi) is 5.38. The van der Waals surface area contributed by atoms with Gasteiger partial charge in [0, 0.05) is 19.0 Å². The number of aromatic nitrogens is 1. The summed E-state index contributed by atoms with van der Waals surface area (Å²) < 4.78 is 43.5. The third-order valence-electron chi connectivity index (χ3n) is 5.15. The molecule has 2 aromatic rings. The number of benzene rings is 1. The Morgan fingerprint density at radius 1 is 1.03 bits per heavy atom. The van der Waals surface area contributed by atoms with E-state index in [0.717, 1.165) is 11.0 Å². The maximum Gasteiger partial charge on any atom is 0.433 e. The molecule has 0 radical (unpaired) electrons. The van der Waals surface area contributed by atoms with Crippen molar-refractivity contribution in [3.05, 3.63) is 59.3 Å². The second-order valence-electron chi connectivity index (χ2n) is 7.31. The van der Waals surface area contributed by atoms with E-state index in [0.29, 0.717) is 17.5 Å². The van der Waals surface area contributed by atoms with Crippen LogP contribution in [0.15, 0.2) is 42.5 Å². The quantitative estimate of drug-likeness (QED) is 0.655. The van der Waals surface area contributed by atoms with Crippen LogP contribution in [-0.4, -0.2) is 58.2 Å². The number of fused-ring (bicyclic) bond motifs is 1. The Labute approximate surface area is 175 Å². The Morgan fingerprint density at radius 3 is 2.29 bits per heavy atom. The Balaban J connectivity index is 1.22. The van der Waals surface area contributed by atoms with Crippen molar-refractivity contribution in [1.82, 2.24) is 14.8 Å². The number of imide groups is 1. The van der Waals surface area contributed by atoms with Crippen molar-refractivity contribution in [2.45, 2.75) is 25.1 Å². The summed E-state index contributed by atoms with van der Waals surface area (Å²) >= 11 is 0. The summed E-state index contributed by atoms with van der Waals surface area (Å²) in [6.07, 6.45) is -4.53. The van der Waals surface area contributed by atoms with E-state index in [4.69, 9.17) is 4.74 Å². The molecule has 1 fully saturated rings. The average molecular weight is 433 g/mol. The second-order valence-corrected chi connectivity index (χ2v) is 7.31. The van der Waals surface area contributed by atoms with Crippen molar-refractivity contribution in [1.29, 1.82) is 0 Å². The first kappa shape index (κ1) is 20.8. The molecule has 2 aliphatic heterocycles. The zero-order valence-electron chi connectivity index (χ0n) is 16.3. The number of pyridine rings is 1. The smallest absolute Gasteiger partial charge is 0.433 e. The number of rotatable bonds is 6. The molecule has 0 spiro atoms. The van der Waals surface area contributed by atoms with Crippen molar-refractivity contribution in [3.63, 3.8) is 0 Å². The molecule has 1 aromatic carbocycles. The second kappa shape index (κ2) is 8.01. The molecule has 0 unspecified atom stereocenters. The van der Waals surface area contributed by atoms with E-state index in [9.17, 15) is 27.6 Å². The predicted octanol–water partition coefficient (Wildman–Crippen LogP) is 2.77. The van der Waals surface area contributed by atoms with Gasteiger partial charge in [0.1, 0.15) is 11.8 Å². The van der Waals surface area contributed by atoms with E-state index in [1.165, 1.54) is 17.0 Å². The van der Waals surface area contributed by atoms with E-state index >= 15 is 0 Å². The van der Waals surface area contributed by atoms with Gasteiger partial charge >= 0.3 is 6.18 Å². The summed E-state index contributed by atoms with van der Waals surface area (Å²) in [4.78, 5) is 43.0. The van der Waals surface area contributed by atoms with E-state index < -0.39 is 18.0 Å². The van der Waals surface area contributed by atoms with Crippen LogP contribution >= 0.6 is 0 Å². The molecule has 1 saturated heterocycles. The zero-order chi connectivity index (χ0) is 22.2. The zero-order valence-corrected chi connectivity index (χ0v) is 16.3. The minimum Gasteiger partial charge on any atom is -0.471 e. The Hall–Kier alpha value is -3.43. The number of ether oxygens (including phenoxy) is 1. The maximum absolute atomic E-state index is 12.7. The summed E-state index contributed by atoms with van der Waals surface area (Å²) in [6, 6.07) is 9.98. The van der Waals surface area contributed by atoms with E-state index in [-0.39, 0.29) is 49.7 Å². The van der Waals surface area contributed by atoms with Crippen molar-refractivity contribution >= 4 is 17.7 Å². The van der Waals surface area contributed by atoms with E-state index in [1.807, 2.05) is 0 Å². The van der Waals surface area contributed by atoms with Crippen molar-refractivity contribution in [3.8, 4) is 5.88 Å². The van der Waals surface area contributed by atoms with Gasteiger partial charge in [0.15, 0.2) is 0 Å². The number of carbonyl (C=O) groups excluding carboxylic acids is 3. The first-order valence-corrected chi connectivity index (χ1v) is 9.68. The van der Waals surface area contributed by atoms with Crippen LogP contribution in [0.4, 0.5) is 13.2 Å². The lowest BCUT2D eigenvalue weighted by atomic mass is 10.1. The third-order valence-corrected chi connectivity index (χ3v) is 5.15. The maximum atomic E-state index is 12.7. The van der Waals surface area contributed by atoms with Crippen LogP contribution in [-0.2, 0) is 11.0 Å². The largest absolute Gasteiger partial charge is 0.471 e. The van der Waals surface area contributed by atoms with Gasteiger partial charge in [-0.1, -0.05) is 18.2 Å². The summed E-state index contributed by atoms with van der Waals surface area (Å²) in [5.41, 5.74) is -0.306. The van der Waals surface area contributed by atoms with Gasteiger partial charge in [-0.15, -0.1) is 0 Å². The van der Waals surface area contributed by atoms with Gasteiger partial charge in [-0.2, -0.15) is 13.2 Å². The number of nitrogens with zero attached hydrogens (tertiary/aromatic N) is 3. The Morgan fingerprint density at radius 2 is 1.68 bits per heavy atom. The molecule has 10 heteroatoms. The van der Waals surface area contributed by atoms with Gasteiger partial charge in [-0.25, -0.2) is 4.98 Å². The molecule has 0 N–H and O–H groups in total. The number of alkyl halides is 3. The molecule has 31 heavy (non-hydrogen) atoms. The number of likely N-dealkylation sites (tertiary alicyclic amines) is 1. The fourth-order valence-electron chi connectivity index (χ4n) is 3.51. The third kappa shape index (κ3) is 4.23. The van der Waals surface area contributed by atoms with E-state index in [1.54, 1.807) is 24.3 Å². The molecule has 1 aromatic heterocycles. The lowest BCUT2D eigenvalue weighted by Gasteiger charge is -2.38. The molecule has 0 bridgehead atoms. The molecule has 0 aliphatic carbocycles. The van der Waals surface area contributed by atoms with Crippen LogP contribution in [0.3, 0.4) is 0 Å². The standard InChI is InChI=1S/C21H18F3N3O4/c22-21(23,24)16-7-3-8-17(25-16)31-13-11-26(12-13)18(28)9-4-10-27-19(29)14-5-1-2-6-15(14)20(27)30/h1-3,5-8,13H,4,9-12H2. The van der Waals surface area contributed by atoms with Crippen molar-refractivity contribution in [2.75, 3.05) is 19.6 Å². The summed E-state index contributed by atoms with van der Waals surface area (Å²) in [5.74, 6) is -1.04. The van der Waals surface area contributed by atoms with Gasteiger partial charge in [0.2, 0.25) is 11.8 Å². The van der Waals surface area contributed by atoms with Gasteiger partial charge in [0.05, 0.1) is 24.2 Å². The number of amides is 3. The summed E-state index contributed by atoms with van der Waals surface area (Å²) in [6.45, 7) is 0.619. The lowest BCUT2D eigenvalue weighted by Crippen LogP contribution is -2.56. The minimum atomic E-state index is -4.56. The van der Waals surface area contributed by atoms with Gasteiger partial charge in [-0.05, 0) is 24.6 Å². The molecule has 2 aliphatic rings. The molecule has 0 saturated carbocycles. The molecule has 3 heterocycles. The van der Waals surface area contributed by atoms with Crippen LogP contribution in [0, 0.1) is 0 Å². The fraction of sp³-hybridized carbons (Fsp3) is 0.333. The Bertz CT molecular complexity index is 1000. The fourth-order valence-corrected chi connectivity index (χ4v) is 3.51. The highest BCUT2D eigenvalue weighted by atomic mass is 19.4. The number of hydrogen-bond acceptors (Lipinski definition) is 5. The lowest BCUT2D eigenvalue weighted by molar-refractivity contribution is -0.142. The minimum absolute atomic E-state index is 0.139. The summed E-state index contributed by atoms with van der Waals surface area (Å²) in [7, 11) is 0. The number of hydrogen-bond donors (Lipinski definition) is 0. The highest BCUT2D eigenvalue weighted by Gasteiger charge is 2.36. The number of halogens is 3. The molecule has 3 amide bonds. The van der Waals surface area contributed by atoms with Gasteiger partial charge < -0.3 is 9.64 Å². The topological polar surface area (TPSA) is 79.8 Å². The van der Waals surface area contributed by atoms with Crippen molar-refractivity contribution in [2.24, 2.45) is 0 Å². The number of carbonyl (C=O) groups is 3. The van der Waals surface area contributed by atoms with Crippen LogP contribution in [0.2, 0.25) is 0 Å². The van der Waals surface area contributed by atoms with E-state index in [2.05, 4.69) is 4.98 Å². The SMILES string of the molecule is O=C(CCCN1C(=O)c2ccccc2C1=O)N1CC(Oc2cccc(C(F)(F)F)n2)C1.